The van der Waals surface area contributed by atoms with Crippen LogP contribution >= 0.6 is 12.4 Å². The summed E-state index contributed by atoms with van der Waals surface area (Å²) in [6.45, 7) is 5.55. The predicted molar refractivity (Wildman–Crippen MR) is 100.0 cm³/mol. The van der Waals surface area contributed by atoms with E-state index in [1.807, 2.05) is 18.7 Å². The Labute approximate surface area is 160 Å². The minimum absolute atomic E-state index is 0. The van der Waals surface area contributed by atoms with E-state index in [-0.39, 0.29) is 36.2 Å². The number of rotatable bonds is 8. The summed E-state index contributed by atoms with van der Waals surface area (Å²) in [6, 6.07) is 0.0527. The average molecular weight is 388 g/mol. The Morgan fingerprint density at radius 3 is 2.77 bits per heavy atom. The first-order valence-corrected chi connectivity index (χ1v) is 9.10. The van der Waals surface area contributed by atoms with Gasteiger partial charge in [-0.2, -0.15) is 4.98 Å². The maximum absolute atomic E-state index is 12.6. The first kappa shape index (κ1) is 22.4. The van der Waals surface area contributed by atoms with Crippen molar-refractivity contribution in [3.8, 4) is 0 Å². The van der Waals surface area contributed by atoms with E-state index < -0.39 is 0 Å². The van der Waals surface area contributed by atoms with Crippen LogP contribution < -0.4 is 11.1 Å². The number of hydrogen-bond acceptors (Lipinski definition) is 6. The van der Waals surface area contributed by atoms with Crippen LogP contribution in [0.1, 0.15) is 63.6 Å². The minimum Gasteiger partial charge on any atom is -0.354 e. The number of amides is 2. The molecule has 0 saturated carbocycles. The number of aryl methyl sites for hydroxylation is 1. The van der Waals surface area contributed by atoms with Crippen molar-refractivity contribution in [3.05, 3.63) is 11.7 Å². The molecule has 8 nitrogen and oxygen atoms in total. The van der Waals surface area contributed by atoms with Crippen molar-refractivity contribution in [3.63, 3.8) is 0 Å². The summed E-state index contributed by atoms with van der Waals surface area (Å²) >= 11 is 0. The number of likely N-dealkylation sites (tertiary alicyclic amines) is 1. The molecule has 2 heterocycles. The number of nitrogens with two attached hydrogens (primary N) is 1. The van der Waals surface area contributed by atoms with Crippen LogP contribution in [0.2, 0.25) is 0 Å². The Hall–Kier alpha value is -1.67. The Bertz CT molecular complexity index is 578. The Kier molecular flexibility index (Phi) is 9.58. The van der Waals surface area contributed by atoms with Crippen molar-refractivity contribution >= 4 is 24.2 Å². The number of carbonyl (C=O) groups is 2. The van der Waals surface area contributed by atoms with E-state index in [1.165, 1.54) is 0 Å². The van der Waals surface area contributed by atoms with E-state index in [4.69, 9.17) is 10.3 Å². The number of hydrogen-bond donors (Lipinski definition) is 2. The maximum atomic E-state index is 12.6. The van der Waals surface area contributed by atoms with Crippen LogP contribution in [-0.2, 0) is 16.0 Å². The fourth-order valence-electron chi connectivity index (χ4n) is 2.95. The molecule has 1 atom stereocenters. The average Bonchev–Trinajstić information content (AvgIpc) is 3.08. The highest BCUT2D eigenvalue weighted by Gasteiger charge is 2.27. The van der Waals surface area contributed by atoms with Crippen LogP contribution in [-0.4, -0.2) is 52.5 Å². The lowest BCUT2D eigenvalue weighted by Gasteiger charge is -2.36. The van der Waals surface area contributed by atoms with Crippen LogP contribution in [0.3, 0.4) is 0 Å². The molecule has 2 rings (SSSR count). The van der Waals surface area contributed by atoms with Gasteiger partial charge in [0.2, 0.25) is 17.7 Å². The Morgan fingerprint density at radius 2 is 2.12 bits per heavy atom. The number of nitrogens with zero attached hydrogens (tertiary/aromatic N) is 3. The lowest BCUT2D eigenvalue weighted by molar-refractivity contribution is -0.135. The quantitative estimate of drug-likeness (QED) is 0.696. The molecule has 1 fully saturated rings. The number of aromatic nitrogens is 2. The van der Waals surface area contributed by atoms with Crippen LogP contribution in [0.5, 0.6) is 0 Å². The van der Waals surface area contributed by atoms with Crippen molar-refractivity contribution in [2.45, 2.75) is 64.3 Å². The summed E-state index contributed by atoms with van der Waals surface area (Å²) in [6.07, 6.45) is 4.08. The highest BCUT2D eigenvalue weighted by Crippen LogP contribution is 2.18. The molecule has 0 aliphatic carbocycles. The second-order valence-corrected chi connectivity index (χ2v) is 6.78. The zero-order valence-corrected chi connectivity index (χ0v) is 16.4. The summed E-state index contributed by atoms with van der Waals surface area (Å²) in [4.78, 5) is 30.4. The molecular formula is C17H30ClN5O3. The molecule has 1 aromatic heterocycles. The van der Waals surface area contributed by atoms with Gasteiger partial charge in [0, 0.05) is 50.9 Å². The standard InChI is InChI=1S/C17H29N5O3.ClH/c1-12(2)17-20-15(25-21-17)6-7-16(24)22-10-4-3-5-13(22)11-19-14(23)8-9-18;/h12-13H,3-11,18H2,1-2H3,(H,19,23);1H. The molecule has 1 aromatic rings. The van der Waals surface area contributed by atoms with Crippen molar-refractivity contribution in [2.24, 2.45) is 5.73 Å². The van der Waals surface area contributed by atoms with Gasteiger partial charge in [0.1, 0.15) is 0 Å². The molecule has 1 unspecified atom stereocenters. The van der Waals surface area contributed by atoms with Crippen LogP contribution in [0, 0.1) is 0 Å². The summed E-state index contributed by atoms with van der Waals surface area (Å²) in [5.74, 6) is 1.38. The minimum atomic E-state index is -0.0625. The Morgan fingerprint density at radius 1 is 1.35 bits per heavy atom. The van der Waals surface area contributed by atoms with Gasteiger partial charge in [-0.15, -0.1) is 12.4 Å². The van der Waals surface area contributed by atoms with Gasteiger partial charge >= 0.3 is 0 Å². The smallest absolute Gasteiger partial charge is 0.227 e. The molecule has 1 saturated heterocycles. The van der Waals surface area contributed by atoms with Crippen LogP contribution in [0.25, 0.3) is 0 Å². The molecule has 148 valence electrons. The molecule has 26 heavy (non-hydrogen) atoms. The molecule has 0 radical (unpaired) electrons. The number of halogens is 1. The van der Waals surface area contributed by atoms with E-state index in [0.717, 1.165) is 25.8 Å². The van der Waals surface area contributed by atoms with E-state index in [9.17, 15) is 9.59 Å². The molecule has 1 aliphatic heterocycles. The second-order valence-electron chi connectivity index (χ2n) is 6.78. The fourth-order valence-corrected chi connectivity index (χ4v) is 2.95. The lowest BCUT2D eigenvalue weighted by atomic mass is 10.0. The number of carbonyl (C=O) groups excluding carboxylic acids is 2. The van der Waals surface area contributed by atoms with Gasteiger partial charge in [0.15, 0.2) is 5.82 Å². The summed E-state index contributed by atoms with van der Waals surface area (Å²) in [5.41, 5.74) is 5.38. The van der Waals surface area contributed by atoms with Crippen molar-refractivity contribution in [1.29, 1.82) is 0 Å². The topological polar surface area (TPSA) is 114 Å². The van der Waals surface area contributed by atoms with Gasteiger partial charge in [-0.3, -0.25) is 9.59 Å². The normalized spacial score (nSPS) is 17.1. The number of nitrogens with one attached hydrogen (secondary N) is 1. The van der Waals surface area contributed by atoms with Crippen molar-refractivity contribution in [1.82, 2.24) is 20.4 Å². The van der Waals surface area contributed by atoms with Gasteiger partial charge < -0.3 is 20.5 Å². The molecular weight excluding hydrogens is 358 g/mol. The highest BCUT2D eigenvalue weighted by atomic mass is 35.5. The first-order valence-electron chi connectivity index (χ1n) is 9.10. The Balaban J connectivity index is 0.00000338. The van der Waals surface area contributed by atoms with Crippen molar-refractivity contribution in [2.75, 3.05) is 19.6 Å². The zero-order chi connectivity index (χ0) is 18.2. The highest BCUT2D eigenvalue weighted by molar-refractivity contribution is 5.85. The van der Waals surface area contributed by atoms with Crippen molar-refractivity contribution < 1.29 is 14.1 Å². The van der Waals surface area contributed by atoms with Gasteiger partial charge in [-0.05, 0) is 19.3 Å². The first-order chi connectivity index (χ1) is 12.0. The van der Waals surface area contributed by atoms with Gasteiger partial charge in [0.05, 0.1) is 0 Å². The third kappa shape index (κ3) is 6.57. The predicted octanol–water partition coefficient (Wildman–Crippen LogP) is 1.39. The van der Waals surface area contributed by atoms with Crippen LogP contribution in [0.15, 0.2) is 4.52 Å². The van der Waals surface area contributed by atoms with Gasteiger partial charge in [-0.1, -0.05) is 19.0 Å². The van der Waals surface area contributed by atoms with E-state index in [2.05, 4.69) is 15.5 Å². The zero-order valence-electron chi connectivity index (χ0n) is 15.6. The molecule has 0 aromatic carbocycles. The van der Waals surface area contributed by atoms with E-state index in [0.29, 0.717) is 44.1 Å². The molecule has 0 spiro atoms. The largest absolute Gasteiger partial charge is 0.354 e. The van der Waals surface area contributed by atoms with Gasteiger partial charge in [0.25, 0.3) is 0 Å². The van der Waals surface area contributed by atoms with E-state index >= 15 is 0 Å². The second kappa shape index (κ2) is 11.1. The third-order valence-electron chi connectivity index (χ3n) is 4.41. The molecule has 2 amide bonds. The van der Waals surface area contributed by atoms with E-state index in [1.54, 1.807) is 0 Å². The van der Waals surface area contributed by atoms with Crippen LogP contribution in [0.4, 0.5) is 0 Å². The summed E-state index contributed by atoms with van der Waals surface area (Å²) < 4.78 is 5.20. The fraction of sp³-hybridized carbons (Fsp3) is 0.765. The lowest BCUT2D eigenvalue weighted by Crippen LogP contribution is -2.49. The third-order valence-corrected chi connectivity index (χ3v) is 4.41. The SMILES string of the molecule is CC(C)c1noc(CCC(=O)N2CCCCC2CNC(=O)CCN)n1.Cl. The number of piperidine rings is 1. The molecule has 3 N–H and O–H groups in total. The monoisotopic (exact) mass is 387 g/mol. The molecule has 1 aliphatic rings. The summed E-state index contributed by atoms with van der Waals surface area (Å²) in [5, 5.41) is 6.79. The molecule has 0 bridgehead atoms. The molecule has 9 heteroatoms. The summed E-state index contributed by atoms with van der Waals surface area (Å²) in [7, 11) is 0. The maximum Gasteiger partial charge on any atom is 0.227 e. The van der Waals surface area contributed by atoms with Gasteiger partial charge in [-0.25, -0.2) is 0 Å².